The zero-order valence-corrected chi connectivity index (χ0v) is 16.1. The Balaban J connectivity index is 1.53. The van der Waals surface area contributed by atoms with E-state index in [9.17, 15) is 0 Å². The van der Waals surface area contributed by atoms with Crippen LogP contribution in [0.1, 0.15) is 23.3 Å². The van der Waals surface area contributed by atoms with Crippen molar-refractivity contribution >= 4 is 17.4 Å². The zero-order chi connectivity index (χ0) is 18.8. The predicted molar refractivity (Wildman–Crippen MR) is 107 cm³/mol. The van der Waals surface area contributed by atoms with Crippen LogP contribution in [-0.2, 0) is 4.74 Å². The first kappa shape index (κ1) is 17.9. The lowest BCUT2D eigenvalue weighted by molar-refractivity contribution is 0.0367. The largest absolute Gasteiger partial charge is 0.368 e. The lowest BCUT2D eigenvalue weighted by atomic mass is 10.1. The van der Waals surface area contributed by atoms with Gasteiger partial charge in [0.2, 0.25) is 0 Å². The Labute approximate surface area is 164 Å². The third kappa shape index (κ3) is 4.10. The van der Waals surface area contributed by atoms with Crippen LogP contribution in [0.4, 0.5) is 5.82 Å². The highest BCUT2D eigenvalue weighted by molar-refractivity contribution is 6.30. The summed E-state index contributed by atoms with van der Waals surface area (Å²) < 4.78 is 5.97. The number of aromatic nitrogens is 3. The summed E-state index contributed by atoms with van der Waals surface area (Å²) in [6.07, 6.45) is 1.80. The molecule has 0 radical (unpaired) electrons. The van der Waals surface area contributed by atoms with Crippen molar-refractivity contribution in [3.05, 3.63) is 70.9 Å². The maximum atomic E-state index is 6.09. The van der Waals surface area contributed by atoms with Crippen LogP contribution >= 0.6 is 11.6 Å². The molecule has 138 valence electrons. The summed E-state index contributed by atoms with van der Waals surface area (Å²) in [6, 6.07) is 13.9. The predicted octanol–water partition coefficient (Wildman–Crippen LogP) is 4.39. The van der Waals surface area contributed by atoms with Crippen molar-refractivity contribution in [3.8, 4) is 11.1 Å². The second kappa shape index (κ2) is 7.62. The monoisotopic (exact) mass is 380 g/mol. The van der Waals surface area contributed by atoms with Gasteiger partial charge in [-0.25, -0.2) is 9.97 Å². The average molecular weight is 381 g/mol. The van der Waals surface area contributed by atoms with Gasteiger partial charge in [-0.2, -0.15) is 0 Å². The van der Waals surface area contributed by atoms with E-state index in [0.29, 0.717) is 6.61 Å². The summed E-state index contributed by atoms with van der Waals surface area (Å²) in [5.41, 5.74) is 3.99. The Morgan fingerprint density at radius 2 is 1.96 bits per heavy atom. The van der Waals surface area contributed by atoms with Crippen LogP contribution < -0.4 is 4.90 Å². The summed E-state index contributed by atoms with van der Waals surface area (Å²) in [6.45, 7) is 6.09. The minimum atomic E-state index is -0.0808. The summed E-state index contributed by atoms with van der Waals surface area (Å²) >= 11 is 6.09. The van der Waals surface area contributed by atoms with Gasteiger partial charge in [-0.15, -0.1) is 0 Å². The molecule has 0 unspecified atom stereocenters. The third-order valence-corrected chi connectivity index (χ3v) is 4.85. The number of anilines is 1. The third-order valence-electron chi connectivity index (χ3n) is 4.62. The number of nitrogens with zero attached hydrogens (tertiary/aromatic N) is 4. The molecular weight excluding hydrogens is 360 g/mol. The van der Waals surface area contributed by atoms with Crippen LogP contribution in [0.2, 0.25) is 5.02 Å². The molecule has 2 aromatic heterocycles. The highest BCUT2D eigenvalue weighted by Gasteiger charge is 2.24. The van der Waals surface area contributed by atoms with Gasteiger partial charge in [0.15, 0.2) is 0 Å². The molecule has 1 aromatic carbocycles. The Kier molecular flexibility index (Phi) is 5.05. The molecule has 1 aliphatic rings. The first-order valence-electron chi connectivity index (χ1n) is 8.99. The normalized spacial score (nSPS) is 17.1. The van der Waals surface area contributed by atoms with E-state index in [0.717, 1.165) is 52.3 Å². The smallest absolute Gasteiger partial charge is 0.132 e. The molecule has 1 saturated heterocycles. The van der Waals surface area contributed by atoms with Crippen molar-refractivity contribution in [2.75, 3.05) is 24.6 Å². The molecule has 0 N–H and O–H groups in total. The molecule has 5 nitrogen and oxygen atoms in total. The first-order valence-corrected chi connectivity index (χ1v) is 9.37. The average Bonchev–Trinajstić information content (AvgIpc) is 2.67. The molecular formula is C21H21ClN4O. The topological polar surface area (TPSA) is 51.1 Å². The quantitative estimate of drug-likeness (QED) is 0.674. The second-order valence-corrected chi connectivity index (χ2v) is 7.14. The van der Waals surface area contributed by atoms with Gasteiger partial charge in [0.1, 0.15) is 17.7 Å². The van der Waals surface area contributed by atoms with Crippen LogP contribution in [0.15, 0.2) is 48.7 Å². The number of rotatable bonds is 3. The maximum absolute atomic E-state index is 6.09. The van der Waals surface area contributed by atoms with E-state index in [-0.39, 0.29) is 6.10 Å². The van der Waals surface area contributed by atoms with E-state index < -0.39 is 0 Å². The number of morpholine rings is 1. The number of aryl methyl sites for hydroxylation is 2. The standard InChI is InChI=1S/C21H21ClN4O/c1-14-10-21(25-15(2)24-14)26-8-9-27-20(13-26)19-7-6-17(12-23-19)16-4-3-5-18(22)11-16/h3-7,10-12,20H,8-9,13H2,1-2H3/t20-/m1/s1. The van der Waals surface area contributed by atoms with Crippen molar-refractivity contribution in [3.63, 3.8) is 0 Å². The van der Waals surface area contributed by atoms with Crippen molar-refractivity contribution in [1.29, 1.82) is 0 Å². The molecule has 1 fully saturated rings. The van der Waals surface area contributed by atoms with Crippen molar-refractivity contribution in [1.82, 2.24) is 15.0 Å². The highest BCUT2D eigenvalue weighted by Crippen LogP contribution is 2.27. The fourth-order valence-electron chi connectivity index (χ4n) is 3.33. The Bertz CT molecular complexity index is 925. The number of hydrogen-bond donors (Lipinski definition) is 0. The number of benzene rings is 1. The lowest BCUT2D eigenvalue weighted by Crippen LogP contribution is -2.39. The van der Waals surface area contributed by atoms with Gasteiger partial charge < -0.3 is 9.64 Å². The molecule has 1 aliphatic heterocycles. The van der Waals surface area contributed by atoms with E-state index in [1.807, 2.05) is 56.4 Å². The van der Waals surface area contributed by atoms with Gasteiger partial charge in [0, 0.05) is 35.1 Å². The van der Waals surface area contributed by atoms with Crippen LogP contribution in [0.25, 0.3) is 11.1 Å². The molecule has 27 heavy (non-hydrogen) atoms. The van der Waals surface area contributed by atoms with Crippen LogP contribution in [0.3, 0.4) is 0 Å². The van der Waals surface area contributed by atoms with E-state index in [1.54, 1.807) is 0 Å². The van der Waals surface area contributed by atoms with Crippen LogP contribution in [0, 0.1) is 13.8 Å². The number of halogens is 1. The van der Waals surface area contributed by atoms with Gasteiger partial charge in [-0.05, 0) is 37.6 Å². The Morgan fingerprint density at radius 1 is 1.07 bits per heavy atom. The first-order chi connectivity index (χ1) is 13.1. The fraction of sp³-hybridized carbons (Fsp3) is 0.286. The summed E-state index contributed by atoms with van der Waals surface area (Å²) in [4.78, 5) is 15.8. The molecule has 0 aliphatic carbocycles. The number of pyridine rings is 1. The summed E-state index contributed by atoms with van der Waals surface area (Å²) in [5.74, 6) is 1.74. The van der Waals surface area contributed by atoms with Gasteiger partial charge in [0.05, 0.1) is 18.8 Å². The molecule has 6 heteroatoms. The SMILES string of the molecule is Cc1cc(N2CCO[C@@H](c3ccc(-c4cccc(Cl)c4)cn3)C2)nc(C)n1. The molecule has 3 aromatic rings. The number of ether oxygens (including phenoxy) is 1. The molecule has 0 spiro atoms. The lowest BCUT2D eigenvalue weighted by Gasteiger charge is -2.33. The van der Waals surface area contributed by atoms with E-state index in [4.69, 9.17) is 16.3 Å². The van der Waals surface area contributed by atoms with Crippen LogP contribution in [-0.4, -0.2) is 34.6 Å². The molecule has 0 amide bonds. The van der Waals surface area contributed by atoms with E-state index >= 15 is 0 Å². The van der Waals surface area contributed by atoms with Crippen LogP contribution in [0.5, 0.6) is 0 Å². The molecule has 3 heterocycles. The van der Waals surface area contributed by atoms with Crippen molar-refractivity contribution in [2.45, 2.75) is 20.0 Å². The minimum absolute atomic E-state index is 0.0808. The molecule has 0 saturated carbocycles. The van der Waals surface area contributed by atoms with E-state index in [2.05, 4.69) is 25.9 Å². The zero-order valence-electron chi connectivity index (χ0n) is 15.4. The Morgan fingerprint density at radius 3 is 2.70 bits per heavy atom. The van der Waals surface area contributed by atoms with Gasteiger partial charge in [0.25, 0.3) is 0 Å². The van der Waals surface area contributed by atoms with Gasteiger partial charge in [-0.1, -0.05) is 29.8 Å². The van der Waals surface area contributed by atoms with Gasteiger partial charge in [-0.3, -0.25) is 4.98 Å². The molecule has 0 bridgehead atoms. The van der Waals surface area contributed by atoms with E-state index in [1.165, 1.54) is 0 Å². The summed E-state index contributed by atoms with van der Waals surface area (Å²) in [5, 5.41) is 0.721. The molecule has 4 rings (SSSR count). The second-order valence-electron chi connectivity index (χ2n) is 6.70. The molecule has 1 atom stereocenters. The summed E-state index contributed by atoms with van der Waals surface area (Å²) in [7, 11) is 0. The maximum Gasteiger partial charge on any atom is 0.132 e. The van der Waals surface area contributed by atoms with Crippen molar-refractivity contribution in [2.24, 2.45) is 0 Å². The van der Waals surface area contributed by atoms with Gasteiger partial charge >= 0.3 is 0 Å². The fourth-order valence-corrected chi connectivity index (χ4v) is 3.52. The Hall–Kier alpha value is -2.50. The number of hydrogen-bond acceptors (Lipinski definition) is 5. The van der Waals surface area contributed by atoms with Crippen molar-refractivity contribution < 1.29 is 4.74 Å². The minimum Gasteiger partial charge on any atom is -0.368 e. The highest BCUT2D eigenvalue weighted by atomic mass is 35.5.